The predicted molar refractivity (Wildman–Crippen MR) is 79.7 cm³/mol. The van der Waals surface area contributed by atoms with E-state index in [1.165, 1.54) is 0 Å². The molecule has 0 atom stereocenters. The van der Waals surface area contributed by atoms with E-state index >= 15 is 0 Å². The van der Waals surface area contributed by atoms with Crippen LogP contribution in [0.1, 0.15) is 18.9 Å². The average Bonchev–Trinajstić information content (AvgIpc) is 2.82. The third-order valence-electron chi connectivity index (χ3n) is 3.41. The molecule has 2 heterocycles. The zero-order valence-corrected chi connectivity index (χ0v) is 11.7. The molecule has 0 bridgehead atoms. The number of fused-ring (bicyclic) bond motifs is 1. The molecule has 0 radical (unpaired) electrons. The Labute approximate surface area is 117 Å². The van der Waals surface area contributed by atoms with Crippen molar-refractivity contribution in [2.75, 3.05) is 0 Å². The number of aromatic nitrogens is 3. The molecule has 3 rings (SSSR count). The van der Waals surface area contributed by atoms with E-state index in [0.29, 0.717) is 5.75 Å². The minimum atomic E-state index is 0.310. The standard InChI is InChI=1S/C16H17N3O/c1-3-9-19-15(12-6-7-14(20)11(2)10-12)18-13-5-4-8-17-16(13)19/h4-8,10,20H,3,9H2,1-2H3. The van der Waals surface area contributed by atoms with E-state index in [0.717, 1.165) is 41.1 Å². The van der Waals surface area contributed by atoms with Gasteiger partial charge in [-0.05, 0) is 49.2 Å². The first kappa shape index (κ1) is 12.7. The summed E-state index contributed by atoms with van der Waals surface area (Å²) in [5.74, 6) is 1.22. The van der Waals surface area contributed by atoms with Gasteiger partial charge < -0.3 is 9.67 Å². The topological polar surface area (TPSA) is 50.9 Å². The van der Waals surface area contributed by atoms with Gasteiger partial charge in [0.05, 0.1) is 0 Å². The summed E-state index contributed by atoms with van der Waals surface area (Å²) in [4.78, 5) is 9.13. The van der Waals surface area contributed by atoms with Gasteiger partial charge in [-0.3, -0.25) is 0 Å². The van der Waals surface area contributed by atoms with Gasteiger partial charge in [0.25, 0.3) is 0 Å². The lowest BCUT2D eigenvalue weighted by Gasteiger charge is -2.08. The Morgan fingerprint density at radius 3 is 2.85 bits per heavy atom. The van der Waals surface area contributed by atoms with Gasteiger partial charge >= 0.3 is 0 Å². The quantitative estimate of drug-likeness (QED) is 0.790. The van der Waals surface area contributed by atoms with Crippen LogP contribution < -0.4 is 0 Å². The Hall–Kier alpha value is -2.36. The van der Waals surface area contributed by atoms with Crippen LogP contribution in [0.5, 0.6) is 5.75 Å². The second kappa shape index (κ2) is 4.96. The molecule has 0 aliphatic heterocycles. The van der Waals surface area contributed by atoms with Crippen molar-refractivity contribution in [3.05, 3.63) is 42.1 Å². The number of benzene rings is 1. The molecule has 0 saturated heterocycles. The van der Waals surface area contributed by atoms with Crippen molar-refractivity contribution >= 4 is 11.2 Å². The zero-order chi connectivity index (χ0) is 14.1. The summed E-state index contributed by atoms with van der Waals surface area (Å²) in [7, 11) is 0. The first-order chi connectivity index (χ1) is 9.70. The first-order valence-electron chi connectivity index (χ1n) is 6.82. The van der Waals surface area contributed by atoms with E-state index in [9.17, 15) is 5.11 Å². The van der Waals surface area contributed by atoms with Crippen LogP contribution in [0.4, 0.5) is 0 Å². The van der Waals surface area contributed by atoms with Crippen LogP contribution in [0.2, 0.25) is 0 Å². The van der Waals surface area contributed by atoms with Gasteiger partial charge in [-0.25, -0.2) is 9.97 Å². The number of hydrogen-bond donors (Lipinski definition) is 1. The van der Waals surface area contributed by atoms with Crippen molar-refractivity contribution in [3.63, 3.8) is 0 Å². The molecule has 4 heteroatoms. The van der Waals surface area contributed by atoms with Crippen LogP contribution in [0.15, 0.2) is 36.5 Å². The van der Waals surface area contributed by atoms with Crippen molar-refractivity contribution in [2.24, 2.45) is 0 Å². The molecular weight excluding hydrogens is 250 g/mol. The third kappa shape index (κ3) is 2.03. The van der Waals surface area contributed by atoms with Crippen molar-refractivity contribution < 1.29 is 5.11 Å². The summed E-state index contributed by atoms with van der Waals surface area (Å²) in [5, 5.41) is 9.66. The van der Waals surface area contributed by atoms with E-state index in [1.807, 2.05) is 31.2 Å². The summed E-state index contributed by atoms with van der Waals surface area (Å²) in [6.07, 6.45) is 2.81. The normalized spacial score (nSPS) is 11.1. The molecule has 3 aromatic rings. The number of rotatable bonds is 3. The molecule has 2 aromatic heterocycles. The largest absolute Gasteiger partial charge is 0.508 e. The number of aromatic hydroxyl groups is 1. The zero-order valence-electron chi connectivity index (χ0n) is 11.7. The van der Waals surface area contributed by atoms with Crippen molar-refractivity contribution in [3.8, 4) is 17.1 Å². The van der Waals surface area contributed by atoms with Crippen LogP contribution in [-0.2, 0) is 6.54 Å². The van der Waals surface area contributed by atoms with Gasteiger partial charge in [0.2, 0.25) is 0 Å². The number of aryl methyl sites for hydroxylation is 2. The van der Waals surface area contributed by atoms with Crippen molar-refractivity contribution in [2.45, 2.75) is 26.8 Å². The van der Waals surface area contributed by atoms with E-state index in [2.05, 4.69) is 16.5 Å². The number of imidazole rings is 1. The Kier molecular flexibility index (Phi) is 3.14. The maximum atomic E-state index is 9.66. The monoisotopic (exact) mass is 267 g/mol. The molecule has 1 aromatic carbocycles. The maximum Gasteiger partial charge on any atom is 0.160 e. The number of hydrogen-bond acceptors (Lipinski definition) is 3. The Morgan fingerprint density at radius 1 is 1.25 bits per heavy atom. The number of phenols is 1. The van der Waals surface area contributed by atoms with E-state index in [-0.39, 0.29) is 0 Å². The fourth-order valence-electron chi connectivity index (χ4n) is 2.41. The summed E-state index contributed by atoms with van der Waals surface area (Å²) in [6.45, 7) is 4.91. The van der Waals surface area contributed by atoms with Crippen LogP contribution in [0.3, 0.4) is 0 Å². The highest BCUT2D eigenvalue weighted by Crippen LogP contribution is 2.27. The van der Waals surface area contributed by atoms with E-state index in [4.69, 9.17) is 4.98 Å². The van der Waals surface area contributed by atoms with Crippen molar-refractivity contribution in [1.29, 1.82) is 0 Å². The third-order valence-corrected chi connectivity index (χ3v) is 3.41. The van der Waals surface area contributed by atoms with Gasteiger partial charge in [0.1, 0.15) is 17.1 Å². The van der Waals surface area contributed by atoms with Crippen LogP contribution in [0, 0.1) is 6.92 Å². The second-order valence-electron chi connectivity index (χ2n) is 4.93. The number of pyridine rings is 1. The number of nitrogens with zero attached hydrogens (tertiary/aromatic N) is 3. The highest BCUT2D eigenvalue weighted by Gasteiger charge is 2.13. The van der Waals surface area contributed by atoms with Gasteiger partial charge in [-0.2, -0.15) is 0 Å². The van der Waals surface area contributed by atoms with Gasteiger partial charge in [-0.1, -0.05) is 6.92 Å². The molecule has 1 N–H and O–H groups in total. The van der Waals surface area contributed by atoms with Crippen molar-refractivity contribution in [1.82, 2.24) is 14.5 Å². The molecule has 0 spiro atoms. The lowest BCUT2D eigenvalue weighted by atomic mass is 10.1. The summed E-state index contributed by atoms with van der Waals surface area (Å²) in [5.41, 5.74) is 3.68. The first-order valence-corrected chi connectivity index (χ1v) is 6.82. The highest BCUT2D eigenvalue weighted by molar-refractivity contribution is 5.77. The molecule has 20 heavy (non-hydrogen) atoms. The minimum Gasteiger partial charge on any atom is -0.508 e. The Morgan fingerprint density at radius 2 is 2.10 bits per heavy atom. The predicted octanol–water partition coefficient (Wildman–Crippen LogP) is 3.52. The lowest BCUT2D eigenvalue weighted by Crippen LogP contribution is -2.00. The van der Waals surface area contributed by atoms with Crippen LogP contribution >= 0.6 is 0 Å². The Balaban J connectivity index is 2.23. The lowest BCUT2D eigenvalue weighted by molar-refractivity contribution is 0.471. The van der Waals surface area contributed by atoms with Gasteiger partial charge in [0, 0.05) is 18.3 Å². The SMILES string of the molecule is CCCn1c(-c2ccc(O)c(C)c2)nc2cccnc21. The second-order valence-corrected chi connectivity index (χ2v) is 4.93. The fraction of sp³-hybridized carbons (Fsp3) is 0.250. The van der Waals surface area contributed by atoms with Crippen LogP contribution in [-0.4, -0.2) is 19.6 Å². The summed E-state index contributed by atoms with van der Waals surface area (Å²) in [6, 6.07) is 9.45. The highest BCUT2D eigenvalue weighted by atomic mass is 16.3. The molecule has 4 nitrogen and oxygen atoms in total. The van der Waals surface area contributed by atoms with Gasteiger partial charge in [0.15, 0.2) is 5.65 Å². The molecule has 0 saturated carbocycles. The molecule has 0 aliphatic rings. The average molecular weight is 267 g/mol. The van der Waals surface area contributed by atoms with E-state index in [1.54, 1.807) is 12.3 Å². The van der Waals surface area contributed by atoms with Crippen LogP contribution in [0.25, 0.3) is 22.6 Å². The Bertz CT molecular complexity index is 762. The van der Waals surface area contributed by atoms with Gasteiger partial charge in [-0.15, -0.1) is 0 Å². The fourth-order valence-corrected chi connectivity index (χ4v) is 2.41. The van der Waals surface area contributed by atoms with E-state index < -0.39 is 0 Å². The molecule has 0 aliphatic carbocycles. The molecule has 102 valence electrons. The maximum absolute atomic E-state index is 9.66. The number of phenolic OH excluding ortho intramolecular Hbond substituents is 1. The molecule has 0 amide bonds. The molecular formula is C16H17N3O. The molecule has 0 fully saturated rings. The molecule has 0 unspecified atom stereocenters. The minimum absolute atomic E-state index is 0.310. The summed E-state index contributed by atoms with van der Waals surface area (Å²) >= 11 is 0. The smallest absolute Gasteiger partial charge is 0.160 e. The summed E-state index contributed by atoms with van der Waals surface area (Å²) < 4.78 is 2.14.